The lowest BCUT2D eigenvalue weighted by Crippen LogP contribution is -2.40. The predicted molar refractivity (Wildman–Crippen MR) is 81.0 cm³/mol. The van der Waals surface area contributed by atoms with E-state index in [2.05, 4.69) is 52.5 Å². The number of carbonyl (C=O) groups excluding carboxylic acids is 1. The molecule has 3 atom stereocenters. The minimum Gasteiger partial charge on any atom is -0.353 e. The van der Waals surface area contributed by atoms with Crippen molar-refractivity contribution in [2.24, 2.45) is 11.8 Å². The van der Waals surface area contributed by atoms with Gasteiger partial charge in [0.25, 0.3) is 0 Å². The maximum Gasteiger partial charge on any atom is 0.224 e. The van der Waals surface area contributed by atoms with Gasteiger partial charge < -0.3 is 10.6 Å². The molecule has 0 bridgehead atoms. The Morgan fingerprint density at radius 3 is 2.68 bits per heavy atom. The van der Waals surface area contributed by atoms with Crippen molar-refractivity contribution in [1.29, 1.82) is 0 Å². The number of carbonyl (C=O) groups is 1. The molecule has 0 radical (unpaired) electrons. The fraction of sp³-hybridized carbons (Fsp3) is 0.533. The van der Waals surface area contributed by atoms with Crippen LogP contribution in [0.4, 0.5) is 0 Å². The Bertz CT molecular complexity index is 432. The van der Waals surface area contributed by atoms with E-state index in [1.54, 1.807) is 0 Å². The summed E-state index contributed by atoms with van der Waals surface area (Å²) in [6.07, 6.45) is 0.869. The molecule has 1 fully saturated rings. The number of hydrogen-bond acceptors (Lipinski definition) is 2. The number of amides is 1. The van der Waals surface area contributed by atoms with Crippen LogP contribution in [0.3, 0.4) is 0 Å². The predicted octanol–water partition coefficient (Wildman–Crippen LogP) is 2.35. The highest BCUT2D eigenvalue weighted by Crippen LogP contribution is 2.16. The molecule has 4 heteroatoms. The highest BCUT2D eigenvalue weighted by Gasteiger charge is 2.29. The molecule has 2 rings (SSSR count). The van der Waals surface area contributed by atoms with Crippen LogP contribution < -0.4 is 10.6 Å². The summed E-state index contributed by atoms with van der Waals surface area (Å²) in [5.74, 6) is 0.731. The summed E-state index contributed by atoms with van der Waals surface area (Å²) in [5.41, 5.74) is 1.24. The summed E-state index contributed by atoms with van der Waals surface area (Å²) in [6, 6.07) is 8.42. The number of rotatable bonds is 4. The van der Waals surface area contributed by atoms with Crippen LogP contribution in [0.15, 0.2) is 28.7 Å². The van der Waals surface area contributed by atoms with E-state index in [9.17, 15) is 4.79 Å². The molecule has 2 N–H and O–H groups in total. The van der Waals surface area contributed by atoms with E-state index in [0.29, 0.717) is 5.92 Å². The van der Waals surface area contributed by atoms with Crippen molar-refractivity contribution in [2.75, 3.05) is 13.1 Å². The molecular formula is C15H21BrN2O. The van der Waals surface area contributed by atoms with Gasteiger partial charge in [0.05, 0.1) is 5.92 Å². The summed E-state index contributed by atoms with van der Waals surface area (Å²) < 4.78 is 1.08. The van der Waals surface area contributed by atoms with Crippen LogP contribution in [0.5, 0.6) is 0 Å². The maximum atomic E-state index is 12.2. The van der Waals surface area contributed by atoms with Crippen molar-refractivity contribution in [3.63, 3.8) is 0 Å². The van der Waals surface area contributed by atoms with E-state index in [0.717, 1.165) is 24.0 Å². The Kier molecular flexibility index (Phi) is 4.99. The van der Waals surface area contributed by atoms with E-state index in [1.807, 2.05) is 12.1 Å². The zero-order valence-electron chi connectivity index (χ0n) is 11.4. The van der Waals surface area contributed by atoms with E-state index < -0.39 is 0 Å². The molecule has 1 amide bonds. The monoisotopic (exact) mass is 324 g/mol. The van der Waals surface area contributed by atoms with Crippen LogP contribution in [-0.4, -0.2) is 25.0 Å². The van der Waals surface area contributed by atoms with Crippen molar-refractivity contribution in [3.05, 3.63) is 34.3 Å². The maximum absolute atomic E-state index is 12.2. The minimum atomic E-state index is 0.118. The van der Waals surface area contributed by atoms with Gasteiger partial charge in [-0.3, -0.25) is 4.79 Å². The third-order valence-corrected chi connectivity index (χ3v) is 4.23. The molecule has 1 aliphatic heterocycles. The van der Waals surface area contributed by atoms with Crippen LogP contribution >= 0.6 is 15.9 Å². The molecule has 1 aromatic carbocycles. The van der Waals surface area contributed by atoms with Crippen molar-refractivity contribution in [1.82, 2.24) is 10.6 Å². The molecule has 19 heavy (non-hydrogen) atoms. The van der Waals surface area contributed by atoms with Crippen molar-refractivity contribution < 1.29 is 4.79 Å². The van der Waals surface area contributed by atoms with Crippen LogP contribution in [-0.2, 0) is 11.2 Å². The lowest BCUT2D eigenvalue weighted by molar-refractivity contribution is -0.126. The zero-order valence-corrected chi connectivity index (χ0v) is 13.0. The van der Waals surface area contributed by atoms with E-state index in [1.165, 1.54) is 5.56 Å². The first-order valence-electron chi connectivity index (χ1n) is 6.82. The standard InChI is InChI=1S/C15H21BrN2O/c1-10-8-17-9-14(10)15(19)18-11(2)7-12-3-5-13(16)6-4-12/h3-6,10-11,14,17H,7-9H2,1-2H3,(H,18,19). The molecule has 1 saturated heterocycles. The Labute approximate surface area is 123 Å². The number of hydrogen-bond donors (Lipinski definition) is 2. The second kappa shape index (κ2) is 6.53. The summed E-state index contributed by atoms with van der Waals surface area (Å²) in [6.45, 7) is 5.94. The highest BCUT2D eigenvalue weighted by molar-refractivity contribution is 9.10. The number of halogens is 1. The Morgan fingerprint density at radius 1 is 1.42 bits per heavy atom. The molecule has 0 spiro atoms. The molecule has 1 aliphatic rings. The van der Waals surface area contributed by atoms with Crippen LogP contribution in [0, 0.1) is 11.8 Å². The van der Waals surface area contributed by atoms with Crippen molar-refractivity contribution >= 4 is 21.8 Å². The van der Waals surface area contributed by atoms with Gasteiger partial charge in [-0.25, -0.2) is 0 Å². The van der Waals surface area contributed by atoms with E-state index >= 15 is 0 Å². The molecular weight excluding hydrogens is 304 g/mol. The largest absolute Gasteiger partial charge is 0.353 e. The Morgan fingerprint density at radius 2 is 2.11 bits per heavy atom. The van der Waals surface area contributed by atoms with Gasteiger partial charge in [-0.1, -0.05) is 35.0 Å². The second-order valence-electron chi connectivity index (χ2n) is 5.48. The van der Waals surface area contributed by atoms with E-state index in [4.69, 9.17) is 0 Å². The first-order valence-corrected chi connectivity index (χ1v) is 7.61. The smallest absolute Gasteiger partial charge is 0.224 e. The topological polar surface area (TPSA) is 41.1 Å². The first-order chi connectivity index (χ1) is 9.06. The van der Waals surface area contributed by atoms with Crippen LogP contribution in [0.1, 0.15) is 19.4 Å². The number of benzene rings is 1. The lowest BCUT2D eigenvalue weighted by atomic mass is 9.96. The normalized spacial score (nSPS) is 24.2. The molecule has 104 valence electrons. The lowest BCUT2D eigenvalue weighted by Gasteiger charge is -2.19. The summed E-state index contributed by atoms with van der Waals surface area (Å²) in [5, 5.41) is 6.39. The Hall–Kier alpha value is -0.870. The van der Waals surface area contributed by atoms with Gasteiger partial charge in [0.2, 0.25) is 5.91 Å². The molecule has 0 aromatic heterocycles. The average Bonchev–Trinajstić information content (AvgIpc) is 2.78. The van der Waals surface area contributed by atoms with Crippen LogP contribution in [0.2, 0.25) is 0 Å². The van der Waals surface area contributed by atoms with Gasteiger partial charge in [0, 0.05) is 17.1 Å². The van der Waals surface area contributed by atoms with Gasteiger partial charge in [0.15, 0.2) is 0 Å². The first kappa shape index (κ1) is 14.5. The minimum absolute atomic E-state index is 0.118. The quantitative estimate of drug-likeness (QED) is 0.892. The molecule has 3 unspecified atom stereocenters. The van der Waals surface area contributed by atoms with Crippen LogP contribution in [0.25, 0.3) is 0 Å². The molecule has 3 nitrogen and oxygen atoms in total. The summed E-state index contributed by atoms with van der Waals surface area (Å²) >= 11 is 3.43. The molecule has 1 heterocycles. The molecule has 1 aromatic rings. The molecule has 0 aliphatic carbocycles. The van der Waals surface area contributed by atoms with Crippen molar-refractivity contribution in [3.8, 4) is 0 Å². The van der Waals surface area contributed by atoms with Gasteiger partial charge in [-0.15, -0.1) is 0 Å². The SMILES string of the molecule is CC(Cc1ccc(Br)cc1)NC(=O)C1CNCC1C. The highest BCUT2D eigenvalue weighted by atomic mass is 79.9. The number of nitrogens with one attached hydrogen (secondary N) is 2. The third kappa shape index (κ3) is 4.05. The summed E-state index contributed by atoms with van der Waals surface area (Å²) in [7, 11) is 0. The zero-order chi connectivity index (χ0) is 13.8. The van der Waals surface area contributed by atoms with Gasteiger partial charge >= 0.3 is 0 Å². The fourth-order valence-corrected chi connectivity index (χ4v) is 2.80. The fourth-order valence-electron chi connectivity index (χ4n) is 2.54. The third-order valence-electron chi connectivity index (χ3n) is 3.70. The second-order valence-corrected chi connectivity index (χ2v) is 6.40. The van der Waals surface area contributed by atoms with Gasteiger partial charge in [0.1, 0.15) is 0 Å². The van der Waals surface area contributed by atoms with Crippen molar-refractivity contribution in [2.45, 2.75) is 26.3 Å². The molecule has 0 saturated carbocycles. The van der Waals surface area contributed by atoms with E-state index in [-0.39, 0.29) is 17.9 Å². The Balaban J connectivity index is 1.85. The van der Waals surface area contributed by atoms with Gasteiger partial charge in [-0.2, -0.15) is 0 Å². The summed E-state index contributed by atoms with van der Waals surface area (Å²) in [4.78, 5) is 12.2. The average molecular weight is 325 g/mol. The van der Waals surface area contributed by atoms with Gasteiger partial charge in [-0.05, 0) is 43.5 Å².